The average Bonchev–Trinajstić information content (AvgIpc) is 2.75. The van der Waals surface area contributed by atoms with Crippen molar-refractivity contribution in [3.8, 4) is 0 Å². The molecule has 0 aliphatic heterocycles. The molecule has 2 aromatic carbocycles. The highest BCUT2D eigenvalue weighted by atomic mass is 127. The van der Waals surface area contributed by atoms with Crippen LogP contribution in [0.1, 0.15) is 54.7 Å². The predicted octanol–water partition coefficient (Wildman–Crippen LogP) is 4.60. The van der Waals surface area contributed by atoms with Gasteiger partial charge in [-0.15, -0.1) is 24.0 Å². The van der Waals surface area contributed by atoms with Crippen LogP contribution >= 0.6 is 24.0 Å². The average molecular weight is 537 g/mol. The van der Waals surface area contributed by atoms with Crippen LogP contribution in [0.25, 0.3) is 0 Å². The van der Waals surface area contributed by atoms with E-state index in [0.717, 1.165) is 31.0 Å². The van der Waals surface area contributed by atoms with Crippen LogP contribution in [0.15, 0.2) is 53.5 Å². The van der Waals surface area contributed by atoms with Gasteiger partial charge >= 0.3 is 0 Å². The van der Waals surface area contributed by atoms with Crippen LogP contribution in [0.5, 0.6) is 0 Å². The molecule has 170 valence electrons. The van der Waals surface area contributed by atoms with Crippen LogP contribution < -0.4 is 10.6 Å². The zero-order valence-electron chi connectivity index (χ0n) is 19.7. The van der Waals surface area contributed by atoms with Gasteiger partial charge in [-0.3, -0.25) is 4.79 Å². The second-order valence-electron chi connectivity index (χ2n) is 8.38. The second kappa shape index (κ2) is 12.7. The fraction of sp³-hybridized carbons (Fsp3) is 0.440. The number of guanidine groups is 1. The number of benzene rings is 2. The van der Waals surface area contributed by atoms with Crippen molar-refractivity contribution in [3.05, 3.63) is 70.8 Å². The molecule has 0 aliphatic carbocycles. The van der Waals surface area contributed by atoms with Crippen LogP contribution in [-0.2, 0) is 18.4 Å². The Morgan fingerprint density at radius 1 is 0.935 bits per heavy atom. The highest BCUT2D eigenvalue weighted by Crippen LogP contribution is 2.22. The normalized spacial score (nSPS) is 11.5. The Balaban J connectivity index is 0.00000480. The van der Waals surface area contributed by atoms with Gasteiger partial charge < -0.3 is 15.5 Å². The molecule has 0 aromatic heterocycles. The number of aliphatic imine (C=N–C) groups is 1. The highest BCUT2D eigenvalue weighted by molar-refractivity contribution is 14.0. The van der Waals surface area contributed by atoms with Gasteiger partial charge in [0.25, 0.3) is 5.91 Å². The van der Waals surface area contributed by atoms with Crippen LogP contribution in [0.2, 0.25) is 0 Å². The van der Waals surface area contributed by atoms with E-state index in [1.165, 1.54) is 11.1 Å². The van der Waals surface area contributed by atoms with Crippen LogP contribution in [0.3, 0.4) is 0 Å². The minimum atomic E-state index is -0.0172. The zero-order valence-corrected chi connectivity index (χ0v) is 22.0. The van der Waals surface area contributed by atoms with Crippen LogP contribution in [-0.4, -0.2) is 44.0 Å². The molecule has 0 fully saturated rings. The molecular formula is C25H37IN4O. The van der Waals surface area contributed by atoms with Crippen molar-refractivity contribution in [2.24, 2.45) is 4.99 Å². The summed E-state index contributed by atoms with van der Waals surface area (Å²) in [6, 6.07) is 16.5. The van der Waals surface area contributed by atoms with Crippen molar-refractivity contribution in [2.75, 3.05) is 27.2 Å². The Labute approximate surface area is 204 Å². The van der Waals surface area contributed by atoms with Crippen molar-refractivity contribution in [1.82, 2.24) is 15.5 Å². The Kier molecular flexibility index (Phi) is 11.0. The number of carbonyl (C=O) groups excluding carboxylic acids is 1. The van der Waals surface area contributed by atoms with Gasteiger partial charge in [0, 0.05) is 38.2 Å². The first-order chi connectivity index (χ1) is 14.3. The minimum Gasteiger partial charge on any atom is -0.357 e. The Hall–Kier alpha value is -2.09. The molecule has 6 heteroatoms. The third-order valence-electron chi connectivity index (χ3n) is 5.21. The zero-order chi connectivity index (χ0) is 22.1. The molecule has 0 aliphatic rings. The Morgan fingerprint density at radius 2 is 1.52 bits per heavy atom. The summed E-state index contributed by atoms with van der Waals surface area (Å²) in [6.07, 6.45) is 1.06. The lowest BCUT2D eigenvalue weighted by atomic mass is 9.84. The Bertz CT molecular complexity index is 843. The molecule has 0 heterocycles. The first kappa shape index (κ1) is 26.9. The van der Waals surface area contributed by atoms with Gasteiger partial charge in [0.05, 0.1) is 6.54 Å². The molecule has 1 amide bonds. The number of rotatable bonds is 8. The number of hydrogen-bond donors (Lipinski definition) is 2. The molecule has 31 heavy (non-hydrogen) atoms. The molecule has 0 saturated heterocycles. The smallest absolute Gasteiger partial charge is 0.253 e. The number of carbonyl (C=O) groups is 1. The summed E-state index contributed by atoms with van der Waals surface area (Å²) >= 11 is 0. The summed E-state index contributed by atoms with van der Waals surface area (Å²) < 4.78 is 0. The standard InChI is InChI=1S/C25H36N4O.HI/c1-7-19-11-15-22(16-12-19)25(3,4)18-28-24(26-8-2)27-17-20-9-13-21(14-10-20)23(30)29(5)6;/h9-16H,7-8,17-18H2,1-6H3,(H2,26,27,28);1H. The lowest BCUT2D eigenvalue weighted by molar-refractivity contribution is 0.0827. The van der Waals surface area contributed by atoms with Crippen molar-refractivity contribution in [1.29, 1.82) is 0 Å². The molecule has 2 rings (SSSR count). The predicted molar refractivity (Wildman–Crippen MR) is 142 cm³/mol. The number of amides is 1. The molecule has 2 N–H and O–H groups in total. The first-order valence-corrected chi connectivity index (χ1v) is 10.7. The van der Waals surface area contributed by atoms with Gasteiger partial charge in [0.15, 0.2) is 5.96 Å². The van der Waals surface area contributed by atoms with Gasteiger partial charge in [-0.2, -0.15) is 0 Å². The summed E-state index contributed by atoms with van der Waals surface area (Å²) in [7, 11) is 3.52. The SMILES string of the molecule is CCNC(=NCc1ccc(C(=O)N(C)C)cc1)NCC(C)(C)c1ccc(CC)cc1.I. The summed E-state index contributed by atoms with van der Waals surface area (Å²) in [5.41, 5.74) is 4.40. The van der Waals surface area contributed by atoms with E-state index < -0.39 is 0 Å². The third kappa shape index (κ3) is 8.16. The molecule has 2 aromatic rings. The van der Waals surface area contributed by atoms with Gasteiger partial charge in [0.2, 0.25) is 0 Å². The fourth-order valence-corrected chi connectivity index (χ4v) is 3.12. The Morgan fingerprint density at radius 3 is 2.03 bits per heavy atom. The fourth-order valence-electron chi connectivity index (χ4n) is 3.12. The lowest BCUT2D eigenvalue weighted by Gasteiger charge is -2.27. The van der Waals surface area contributed by atoms with E-state index in [-0.39, 0.29) is 35.3 Å². The largest absolute Gasteiger partial charge is 0.357 e. The maximum absolute atomic E-state index is 12.0. The number of aryl methyl sites for hydroxylation is 1. The van der Waals surface area contributed by atoms with Crippen LogP contribution in [0.4, 0.5) is 0 Å². The van der Waals surface area contributed by atoms with E-state index in [1.54, 1.807) is 19.0 Å². The first-order valence-electron chi connectivity index (χ1n) is 10.7. The lowest BCUT2D eigenvalue weighted by Crippen LogP contribution is -2.43. The molecular weight excluding hydrogens is 499 g/mol. The molecule has 5 nitrogen and oxygen atoms in total. The quantitative estimate of drug-likeness (QED) is 0.295. The molecule has 0 radical (unpaired) electrons. The van der Waals surface area contributed by atoms with E-state index in [4.69, 9.17) is 4.99 Å². The molecule has 0 bridgehead atoms. The summed E-state index contributed by atoms with van der Waals surface area (Å²) in [6.45, 7) is 10.9. The highest BCUT2D eigenvalue weighted by Gasteiger charge is 2.20. The van der Waals surface area contributed by atoms with Gasteiger partial charge in [-0.25, -0.2) is 4.99 Å². The maximum atomic E-state index is 12.0. The summed E-state index contributed by atoms with van der Waals surface area (Å²) in [5.74, 6) is 0.804. The minimum absolute atomic E-state index is 0. The van der Waals surface area contributed by atoms with Crippen molar-refractivity contribution in [3.63, 3.8) is 0 Å². The second-order valence-corrected chi connectivity index (χ2v) is 8.38. The van der Waals surface area contributed by atoms with Gasteiger partial charge in [0.1, 0.15) is 0 Å². The van der Waals surface area contributed by atoms with Crippen molar-refractivity contribution >= 4 is 35.8 Å². The summed E-state index contributed by atoms with van der Waals surface area (Å²) in [4.78, 5) is 18.3. The molecule has 0 saturated carbocycles. The van der Waals surface area contributed by atoms with E-state index >= 15 is 0 Å². The number of nitrogens with one attached hydrogen (secondary N) is 2. The number of nitrogens with zero attached hydrogens (tertiary/aromatic N) is 2. The van der Waals surface area contributed by atoms with Crippen molar-refractivity contribution in [2.45, 2.75) is 46.1 Å². The third-order valence-corrected chi connectivity index (χ3v) is 5.21. The topological polar surface area (TPSA) is 56.7 Å². The van der Waals surface area contributed by atoms with E-state index in [1.807, 2.05) is 24.3 Å². The van der Waals surface area contributed by atoms with Gasteiger partial charge in [-0.05, 0) is 42.2 Å². The van der Waals surface area contributed by atoms with Crippen molar-refractivity contribution < 1.29 is 4.79 Å². The maximum Gasteiger partial charge on any atom is 0.253 e. The van der Waals surface area contributed by atoms with E-state index in [9.17, 15) is 4.79 Å². The number of hydrogen-bond acceptors (Lipinski definition) is 2. The monoisotopic (exact) mass is 536 g/mol. The molecule has 0 unspecified atom stereocenters. The molecule has 0 spiro atoms. The van der Waals surface area contributed by atoms with Gasteiger partial charge in [-0.1, -0.05) is 57.2 Å². The van der Waals surface area contributed by atoms with E-state index in [2.05, 4.69) is 62.6 Å². The number of halogens is 1. The molecule has 0 atom stereocenters. The van der Waals surface area contributed by atoms with Crippen LogP contribution in [0, 0.1) is 0 Å². The van der Waals surface area contributed by atoms with E-state index in [0.29, 0.717) is 12.1 Å². The summed E-state index contributed by atoms with van der Waals surface area (Å²) in [5, 5.41) is 6.80.